The number of ether oxygens (including phenoxy) is 1. The van der Waals surface area contributed by atoms with Gasteiger partial charge >= 0.3 is 0 Å². The first-order valence-electron chi connectivity index (χ1n) is 11.1. The molecule has 3 rings (SSSR count). The molecule has 0 aliphatic carbocycles. The van der Waals surface area contributed by atoms with Crippen molar-refractivity contribution in [1.29, 1.82) is 0 Å². The number of hydrogen-bond acceptors (Lipinski definition) is 2. The highest BCUT2D eigenvalue weighted by molar-refractivity contribution is 6.30. The molecule has 164 valence electrons. The van der Waals surface area contributed by atoms with Crippen LogP contribution in [-0.2, 0) is 5.41 Å². The van der Waals surface area contributed by atoms with E-state index in [1.807, 2.05) is 12.1 Å². The summed E-state index contributed by atoms with van der Waals surface area (Å²) >= 11 is 6.37. The van der Waals surface area contributed by atoms with Crippen molar-refractivity contribution in [3.8, 4) is 5.75 Å². The van der Waals surface area contributed by atoms with E-state index in [9.17, 15) is 0 Å². The van der Waals surface area contributed by atoms with E-state index in [0.717, 1.165) is 42.4 Å². The van der Waals surface area contributed by atoms with Crippen LogP contribution in [0.25, 0.3) is 6.08 Å². The summed E-state index contributed by atoms with van der Waals surface area (Å²) in [6, 6.07) is 12.6. The fourth-order valence-electron chi connectivity index (χ4n) is 4.51. The van der Waals surface area contributed by atoms with Gasteiger partial charge in [0.1, 0.15) is 5.75 Å². The van der Waals surface area contributed by atoms with Crippen LogP contribution in [0.4, 0.5) is 11.4 Å². The highest BCUT2D eigenvalue weighted by Gasteiger charge is 2.46. The molecular weight excluding hydrogens is 404 g/mol. The Balaban J connectivity index is 2.07. The molecule has 0 spiro atoms. The van der Waals surface area contributed by atoms with Crippen LogP contribution in [0.1, 0.15) is 45.2 Å². The van der Waals surface area contributed by atoms with E-state index < -0.39 is 0 Å². The molecule has 0 bridgehead atoms. The Morgan fingerprint density at radius 2 is 1.84 bits per heavy atom. The maximum Gasteiger partial charge on any atom is 0.210 e. The second-order valence-electron chi connectivity index (χ2n) is 8.06. The molecule has 0 fully saturated rings. The lowest BCUT2D eigenvalue weighted by Crippen LogP contribution is -2.30. The molecule has 1 aliphatic heterocycles. The minimum atomic E-state index is -0.117. The number of benzene rings is 2. The first-order chi connectivity index (χ1) is 14.9. The van der Waals surface area contributed by atoms with E-state index in [2.05, 4.69) is 86.2 Å². The van der Waals surface area contributed by atoms with Crippen molar-refractivity contribution in [2.24, 2.45) is 0 Å². The van der Waals surface area contributed by atoms with E-state index in [1.54, 1.807) is 7.11 Å². The summed E-state index contributed by atoms with van der Waals surface area (Å²) in [5.74, 6) is 0.883. The number of anilines is 1. The summed E-state index contributed by atoms with van der Waals surface area (Å²) in [6.07, 6.45) is 7.33. The molecule has 4 heteroatoms. The highest BCUT2D eigenvalue weighted by Crippen LogP contribution is 2.43. The monoisotopic (exact) mass is 437 g/mol. The quantitative estimate of drug-likeness (QED) is 0.314. The normalized spacial score (nSPS) is 17.9. The van der Waals surface area contributed by atoms with Crippen LogP contribution in [-0.4, -0.2) is 37.0 Å². The number of allylic oxidation sites excluding steroid dienone is 1. The van der Waals surface area contributed by atoms with Crippen molar-refractivity contribution in [1.82, 2.24) is 0 Å². The van der Waals surface area contributed by atoms with Gasteiger partial charge < -0.3 is 9.64 Å². The molecule has 0 aromatic heterocycles. The summed E-state index contributed by atoms with van der Waals surface area (Å²) in [6.45, 7) is 15.5. The lowest BCUT2D eigenvalue weighted by atomic mass is 9.77. The lowest BCUT2D eigenvalue weighted by molar-refractivity contribution is -0.425. The molecule has 0 radical (unpaired) electrons. The molecule has 1 heterocycles. The van der Waals surface area contributed by atoms with Crippen LogP contribution < -0.4 is 9.64 Å². The largest absolute Gasteiger partial charge is 0.496 e. The zero-order valence-corrected chi connectivity index (χ0v) is 20.2. The molecule has 3 nitrogen and oxygen atoms in total. The van der Waals surface area contributed by atoms with Gasteiger partial charge in [-0.3, -0.25) is 0 Å². The third kappa shape index (κ3) is 4.29. The molecule has 2 aromatic rings. The van der Waals surface area contributed by atoms with Crippen molar-refractivity contribution < 1.29 is 9.31 Å². The topological polar surface area (TPSA) is 15.5 Å². The third-order valence-electron chi connectivity index (χ3n) is 6.49. The molecule has 1 atom stereocenters. The third-order valence-corrected chi connectivity index (χ3v) is 6.72. The molecule has 0 saturated heterocycles. The van der Waals surface area contributed by atoms with Gasteiger partial charge in [-0.15, -0.1) is 0 Å². The fraction of sp³-hybridized carbons (Fsp3) is 0.370. The minimum Gasteiger partial charge on any atom is -0.496 e. The Kier molecular flexibility index (Phi) is 7.27. The summed E-state index contributed by atoms with van der Waals surface area (Å²) < 4.78 is 8.08. The molecule has 2 aromatic carbocycles. The predicted molar refractivity (Wildman–Crippen MR) is 135 cm³/mol. The van der Waals surface area contributed by atoms with Crippen molar-refractivity contribution in [2.75, 3.05) is 31.6 Å². The van der Waals surface area contributed by atoms with E-state index in [1.165, 1.54) is 22.6 Å². The van der Waals surface area contributed by atoms with Gasteiger partial charge in [-0.1, -0.05) is 25.1 Å². The molecule has 1 aliphatic rings. The van der Waals surface area contributed by atoms with Gasteiger partial charge in [0, 0.05) is 53.1 Å². The highest BCUT2D eigenvalue weighted by atomic mass is 35.5. The van der Waals surface area contributed by atoms with Crippen molar-refractivity contribution in [3.05, 3.63) is 71.3 Å². The second-order valence-corrected chi connectivity index (χ2v) is 8.50. The SMILES string of the molecule is C=CC[N+]1=C(/C=C/c2ccc(N(CC)CC)cc2OC)C(C)(CC)c2cc(Cl)ccc21. The Hall–Kier alpha value is -2.52. The van der Waals surface area contributed by atoms with Gasteiger partial charge in [0.05, 0.1) is 12.5 Å². The van der Waals surface area contributed by atoms with Gasteiger partial charge in [0.15, 0.2) is 12.3 Å². The zero-order chi connectivity index (χ0) is 22.6. The predicted octanol–water partition coefficient (Wildman–Crippen LogP) is 6.86. The maximum atomic E-state index is 6.37. The number of nitrogens with zero attached hydrogens (tertiary/aromatic N) is 2. The summed E-state index contributed by atoms with van der Waals surface area (Å²) in [5.41, 5.74) is 5.86. The first-order valence-corrected chi connectivity index (χ1v) is 11.5. The van der Waals surface area contributed by atoms with Crippen LogP contribution >= 0.6 is 11.6 Å². The number of rotatable bonds is 9. The molecule has 0 amide bonds. The van der Waals surface area contributed by atoms with Gasteiger partial charge in [0.25, 0.3) is 0 Å². The molecular formula is C27H34ClN2O+. The lowest BCUT2D eigenvalue weighted by Gasteiger charge is -2.22. The van der Waals surface area contributed by atoms with E-state index in [4.69, 9.17) is 16.3 Å². The van der Waals surface area contributed by atoms with Gasteiger partial charge in [-0.05, 0) is 63.6 Å². The van der Waals surface area contributed by atoms with Crippen LogP contribution in [0.15, 0.2) is 55.1 Å². The van der Waals surface area contributed by atoms with Gasteiger partial charge in [-0.25, -0.2) is 0 Å². The smallest absolute Gasteiger partial charge is 0.210 e. The van der Waals surface area contributed by atoms with E-state index >= 15 is 0 Å². The van der Waals surface area contributed by atoms with Gasteiger partial charge in [-0.2, -0.15) is 4.58 Å². The van der Waals surface area contributed by atoms with Crippen LogP contribution in [0.2, 0.25) is 5.02 Å². The van der Waals surface area contributed by atoms with Crippen LogP contribution in [0, 0.1) is 0 Å². The standard InChI is InChI=1S/C27H34ClN2O/c1-7-17-30-24-15-13-21(28)18-23(24)27(5,8-2)26(30)16-12-20-11-14-22(19-25(20)31-6)29(9-3)10-4/h7,11-16,18-19H,1,8-10,17H2,2-6H3/q+1. The Morgan fingerprint density at radius 1 is 1.10 bits per heavy atom. The fourth-order valence-corrected chi connectivity index (χ4v) is 4.69. The maximum absolute atomic E-state index is 6.37. The summed E-state index contributed by atoms with van der Waals surface area (Å²) in [5, 5.41) is 0.774. The second kappa shape index (κ2) is 9.74. The number of halogens is 1. The van der Waals surface area contributed by atoms with Gasteiger partial charge in [0.2, 0.25) is 5.69 Å². The zero-order valence-electron chi connectivity index (χ0n) is 19.4. The van der Waals surface area contributed by atoms with Crippen molar-refractivity contribution in [2.45, 2.75) is 39.5 Å². The van der Waals surface area contributed by atoms with E-state index in [-0.39, 0.29) is 5.41 Å². The average Bonchev–Trinajstić information content (AvgIpc) is 3.01. The Labute approximate surface area is 192 Å². The van der Waals surface area contributed by atoms with Crippen molar-refractivity contribution >= 4 is 34.8 Å². The number of methoxy groups -OCH3 is 1. The van der Waals surface area contributed by atoms with Crippen molar-refractivity contribution in [3.63, 3.8) is 0 Å². The average molecular weight is 438 g/mol. The summed E-state index contributed by atoms with van der Waals surface area (Å²) in [4.78, 5) is 2.32. The Morgan fingerprint density at radius 3 is 2.45 bits per heavy atom. The van der Waals surface area contributed by atoms with E-state index in [0.29, 0.717) is 0 Å². The van der Waals surface area contributed by atoms with Crippen LogP contribution in [0.5, 0.6) is 5.75 Å². The molecule has 0 saturated carbocycles. The Bertz CT molecular complexity index is 1020. The number of fused-ring (bicyclic) bond motifs is 1. The molecule has 1 unspecified atom stereocenters. The number of hydrogen-bond donors (Lipinski definition) is 0. The molecule has 0 N–H and O–H groups in total. The summed E-state index contributed by atoms with van der Waals surface area (Å²) in [7, 11) is 1.74. The van der Waals surface area contributed by atoms with Crippen LogP contribution in [0.3, 0.4) is 0 Å². The first kappa shape index (κ1) is 23.1. The minimum absolute atomic E-state index is 0.117. The molecule has 31 heavy (non-hydrogen) atoms.